The van der Waals surface area contributed by atoms with Crippen LogP contribution in [0.15, 0.2) is 12.7 Å². The summed E-state index contributed by atoms with van der Waals surface area (Å²) in [6.45, 7) is 10.6. The topological polar surface area (TPSA) is 17.1 Å². The van der Waals surface area contributed by atoms with Gasteiger partial charge in [0, 0.05) is 17.6 Å². The maximum absolute atomic E-state index is 12.5. The number of thioether (sulfide) groups is 1. The summed E-state index contributed by atoms with van der Waals surface area (Å²) in [5.41, 5.74) is 0.342. The van der Waals surface area contributed by atoms with Crippen molar-refractivity contribution in [3.05, 3.63) is 12.7 Å². The summed E-state index contributed by atoms with van der Waals surface area (Å²) in [4.78, 5) is 12.5. The summed E-state index contributed by atoms with van der Waals surface area (Å²) in [7, 11) is 0. The molecule has 1 aliphatic rings. The summed E-state index contributed by atoms with van der Waals surface area (Å²) in [5, 5.41) is 0.567. The molecule has 0 spiro atoms. The van der Waals surface area contributed by atoms with Crippen LogP contribution in [0.1, 0.15) is 72.1 Å². The van der Waals surface area contributed by atoms with E-state index in [0.29, 0.717) is 22.9 Å². The normalized spacial score (nSPS) is 25.4. The van der Waals surface area contributed by atoms with E-state index in [-0.39, 0.29) is 5.92 Å². The van der Waals surface area contributed by atoms with Gasteiger partial charge in [0.15, 0.2) is 0 Å². The van der Waals surface area contributed by atoms with E-state index < -0.39 is 0 Å². The number of carbonyl (C=O) groups excluding carboxylic acids is 1. The number of carbonyl (C=O) groups is 1. The Morgan fingerprint density at radius 1 is 1.40 bits per heavy atom. The Morgan fingerprint density at radius 3 is 2.80 bits per heavy atom. The van der Waals surface area contributed by atoms with Gasteiger partial charge >= 0.3 is 0 Å². The lowest BCUT2D eigenvalue weighted by molar-refractivity contribution is -0.124. The Balaban J connectivity index is 2.55. The lowest BCUT2D eigenvalue weighted by Crippen LogP contribution is -2.36. The molecule has 0 bridgehead atoms. The largest absolute Gasteiger partial charge is 0.299 e. The molecule has 1 fully saturated rings. The molecular formula is C18H32OS. The average Bonchev–Trinajstić information content (AvgIpc) is 2.41. The molecule has 1 aliphatic carbocycles. The van der Waals surface area contributed by atoms with E-state index >= 15 is 0 Å². The smallest absolute Gasteiger partial charge is 0.137 e. The fourth-order valence-electron chi connectivity index (χ4n) is 3.10. The number of ketones is 1. The van der Waals surface area contributed by atoms with Crippen LogP contribution in [0.25, 0.3) is 0 Å². The highest BCUT2D eigenvalue weighted by atomic mass is 32.2. The number of hydrogen-bond donors (Lipinski definition) is 0. The van der Waals surface area contributed by atoms with Crippen LogP contribution in [0.2, 0.25) is 0 Å². The number of hydrogen-bond acceptors (Lipinski definition) is 2. The molecule has 0 saturated heterocycles. The van der Waals surface area contributed by atoms with Gasteiger partial charge in [-0.25, -0.2) is 0 Å². The minimum atomic E-state index is 0.283. The van der Waals surface area contributed by atoms with E-state index in [1.165, 1.54) is 37.9 Å². The zero-order valence-corrected chi connectivity index (χ0v) is 14.4. The molecule has 1 nitrogen and oxygen atoms in total. The summed E-state index contributed by atoms with van der Waals surface area (Å²) in [5.74, 6) is 1.99. The average molecular weight is 297 g/mol. The molecule has 0 aromatic carbocycles. The molecule has 1 saturated carbocycles. The predicted octanol–water partition coefficient (Wildman–Crippen LogP) is 5.64. The van der Waals surface area contributed by atoms with Crippen LogP contribution in [0.4, 0.5) is 0 Å². The minimum absolute atomic E-state index is 0.283. The lowest BCUT2D eigenvalue weighted by atomic mass is 9.70. The van der Waals surface area contributed by atoms with Gasteiger partial charge in [-0.3, -0.25) is 4.79 Å². The Bertz CT molecular complexity index is 309. The SMILES string of the molecule is C=CCCC(=O)C1CC(C)(C)CCC1SCCCCC. The van der Waals surface area contributed by atoms with Crippen molar-refractivity contribution in [1.29, 1.82) is 0 Å². The molecule has 0 aromatic heterocycles. The minimum Gasteiger partial charge on any atom is -0.299 e. The van der Waals surface area contributed by atoms with Gasteiger partial charge < -0.3 is 0 Å². The Labute approximate surface area is 130 Å². The van der Waals surface area contributed by atoms with Crippen molar-refractivity contribution >= 4 is 17.5 Å². The Morgan fingerprint density at radius 2 is 2.15 bits per heavy atom. The van der Waals surface area contributed by atoms with Crippen molar-refractivity contribution in [3.63, 3.8) is 0 Å². The summed E-state index contributed by atoms with van der Waals surface area (Å²) >= 11 is 2.06. The van der Waals surface area contributed by atoms with Crippen molar-refractivity contribution in [2.75, 3.05) is 5.75 Å². The van der Waals surface area contributed by atoms with Crippen molar-refractivity contribution in [2.24, 2.45) is 11.3 Å². The van der Waals surface area contributed by atoms with Crippen molar-refractivity contribution in [1.82, 2.24) is 0 Å². The van der Waals surface area contributed by atoms with Gasteiger partial charge in [0.1, 0.15) is 5.78 Å². The van der Waals surface area contributed by atoms with Crippen LogP contribution in [0, 0.1) is 11.3 Å². The molecule has 1 rings (SSSR count). The molecule has 0 heterocycles. The third kappa shape index (κ3) is 6.03. The first-order valence-corrected chi connectivity index (χ1v) is 9.30. The quantitative estimate of drug-likeness (QED) is 0.404. The highest BCUT2D eigenvalue weighted by Gasteiger charge is 2.38. The zero-order chi connectivity index (χ0) is 15.0. The number of Topliss-reactive ketones (excluding diaryl/α,β-unsaturated/α-hetero) is 1. The van der Waals surface area contributed by atoms with Crippen LogP contribution < -0.4 is 0 Å². The van der Waals surface area contributed by atoms with E-state index in [4.69, 9.17) is 0 Å². The van der Waals surface area contributed by atoms with Gasteiger partial charge in [-0.05, 0) is 43.3 Å². The second kappa shape index (κ2) is 8.92. The van der Waals surface area contributed by atoms with Gasteiger partial charge in [0.25, 0.3) is 0 Å². The molecule has 2 unspecified atom stereocenters. The summed E-state index contributed by atoms with van der Waals surface area (Å²) in [6.07, 6.45) is 10.9. The molecule has 0 radical (unpaired) electrons. The molecule has 20 heavy (non-hydrogen) atoms. The third-order valence-electron chi connectivity index (χ3n) is 4.42. The van der Waals surface area contributed by atoms with E-state index in [9.17, 15) is 4.79 Å². The van der Waals surface area contributed by atoms with E-state index in [2.05, 4.69) is 39.1 Å². The first-order valence-electron chi connectivity index (χ1n) is 8.25. The fraction of sp³-hybridized carbons (Fsp3) is 0.833. The molecule has 0 aromatic rings. The van der Waals surface area contributed by atoms with Gasteiger partial charge in [0.05, 0.1) is 0 Å². The van der Waals surface area contributed by atoms with E-state index in [1.807, 2.05) is 6.08 Å². The van der Waals surface area contributed by atoms with Gasteiger partial charge in [0.2, 0.25) is 0 Å². The molecule has 2 heteroatoms. The standard InChI is InChI=1S/C18H32OS/c1-5-7-9-13-20-17-11-12-18(3,4)14-15(17)16(19)10-8-6-2/h6,15,17H,2,5,7-14H2,1,3-4H3. The predicted molar refractivity (Wildman–Crippen MR) is 91.3 cm³/mol. The van der Waals surface area contributed by atoms with Crippen LogP contribution >= 0.6 is 11.8 Å². The van der Waals surface area contributed by atoms with Crippen molar-refractivity contribution in [2.45, 2.75) is 77.4 Å². The molecule has 2 atom stereocenters. The van der Waals surface area contributed by atoms with Crippen LogP contribution in [-0.4, -0.2) is 16.8 Å². The fourth-order valence-corrected chi connectivity index (χ4v) is 4.54. The zero-order valence-electron chi connectivity index (χ0n) is 13.6. The summed E-state index contributed by atoms with van der Waals surface area (Å²) < 4.78 is 0. The highest BCUT2D eigenvalue weighted by molar-refractivity contribution is 7.99. The molecule has 0 N–H and O–H groups in total. The van der Waals surface area contributed by atoms with Gasteiger partial charge in [-0.1, -0.05) is 39.7 Å². The maximum Gasteiger partial charge on any atom is 0.137 e. The van der Waals surface area contributed by atoms with Crippen molar-refractivity contribution in [3.8, 4) is 0 Å². The van der Waals surface area contributed by atoms with E-state index in [1.54, 1.807) is 0 Å². The lowest BCUT2D eigenvalue weighted by Gasteiger charge is -2.40. The second-order valence-corrected chi connectivity index (χ2v) is 8.27. The molecule has 0 amide bonds. The van der Waals surface area contributed by atoms with Crippen molar-refractivity contribution < 1.29 is 4.79 Å². The number of rotatable bonds is 9. The van der Waals surface area contributed by atoms with Crippen LogP contribution in [-0.2, 0) is 4.79 Å². The van der Waals surface area contributed by atoms with E-state index in [0.717, 1.165) is 12.8 Å². The first-order chi connectivity index (χ1) is 9.50. The second-order valence-electron chi connectivity index (χ2n) is 6.92. The third-order valence-corrected chi connectivity index (χ3v) is 5.93. The van der Waals surface area contributed by atoms with Gasteiger partial charge in [-0.2, -0.15) is 11.8 Å². The number of allylic oxidation sites excluding steroid dienone is 1. The Kier molecular flexibility index (Phi) is 7.94. The Hall–Kier alpha value is -0.240. The molecule has 116 valence electrons. The monoisotopic (exact) mass is 296 g/mol. The summed E-state index contributed by atoms with van der Waals surface area (Å²) in [6, 6.07) is 0. The first kappa shape index (κ1) is 17.8. The van der Waals surface area contributed by atoms with Gasteiger partial charge in [-0.15, -0.1) is 6.58 Å². The molecule has 0 aliphatic heterocycles. The molecular weight excluding hydrogens is 264 g/mol. The van der Waals surface area contributed by atoms with Crippen LogP contribution in [0.5, 0.6) is 0 Å². The number of unbranched alkanes of at least 4 members (excludes halogenated alkanes) is 2. The highest BCUT2D eigenvalue weighted by Crippen LogP contribution is 2.44. The van der Waals surface area contributed by atoms with Crippen LogP contribution in [0.3, 0.4) is 0 Å². The maximum atomic E-state index is 12.5.